The number of benzene rings is 2. The minimum atomic E-state index is -3.72. The van der Waals surface area contributed by atoms with Gasteiger partial charge < -0.3 is 5.32 Å². The van der Waals surface area contributed by atoms with Gasteiger partial charge >= 0.3 is 0 Å². The van der Waals surface area contributed by atoms with E-state index in [1.807, 2.05) is 30.3 Å². The van der Waals surface area contributed by atoms with Gasteiger partial charge in [-0.1, -0.05) is 42.5 Å². The summed E-state index contributed by atoms with van der Waals surface area (Å²) in [4.78, 5) is 12.3. The molecule has 140 valence electrons. The van der Waals surface area contributed by atoms with Crippen molar-refractivity contribution in [1.82, 2.24) is 4.72 Å². The molecule has 26 heavy (non-hydrogen) atoms. The SMILES string of the molecule is CC(C)(C)NS(=O)(=O)c1ccccc1NC(=O)CCCc1ccccc1. The molecule has 0 radical (unpaired) electrons. The molecule has 2 aromatic rings. The summed E-state index contributed by atoms with van der Waals surface area (Å²) < 4.78 is 27.8. The molecule has 6 heteroatoms. The minimum Gasteiger partial charge on any atom is -0.325 e. The maximum absolute atomic E-state index is 12.6. The van der Waals surface area contributed by atoms with Crippen LogP contribution in [-0.2, 0) is 21.2 Å². The molecule has 0 unspecified atom stereocenters. The first-order valence-electron chi connectivity index (χ1n) is 8.64. The quantitative estimate of drug-likeness (QED) is 0.775. The van der Waals surface area contributed by atoms with Gasteiger partial charge in [-0.25, -0.2) is 13.1 Å². The Labute approximate surface area is 155 Å². The Kier molecular flexibility index (Phi) is 6.56. The van der Waals surface area contributed by atoms with Crippen LogP contribution in [0.25, 0.3) is 0 Å². The topological polar surface area (TPSA) is 75.3 Å². The van der Waals surface area contributed by atoms with Crippen LogP contribution in [0, 0.1) is 0 Å². The number of hydrogen-bond donors (Lipinski definition) is 2. The van der Waals surface area contributed by atoms with E-state index in [1.165, 1.54) is 11.6 Å². The highest BCUT2D eigenvalue weighted by atomic mass is 32.2. The number of para-hydroxylation sites is 1. The van der Waals surface area contributed by atoms with Crippen molar-refractivity contribution in [2.24, 2.45) is 0 Å². The van der Waals surface area contributed by atoms with Gasteiger partial charge in [-0.05, 0) is 51.3 Å². The van der Waals surface area contributed by atoms with E-state index in [9.17, 15) is 13.2 Å². The molecule has 0 saturated carbocycles. The molecule has 1 amide bonds. The molecule has 0 saturated heterocycles. The third-order valence-corrected chi connectivity index (χ3v) is 5.42. The Morgan fingerprint density at radius 2 is 1.58 bits per heavy atom. The lowest BCUT2D eigenvalue weighted by Crippen LogP contribution is -2.40. The lowest BCUT2D eigenvalue weighted by atomic mass is 10.1. The molecule has 0 bridgehead atoms. The van der Waals surface area contributed by atoms with E-state index in [0.29, 0.717) is 18.5 Å². The molecule has 0 spiro atoms. The van der Waals surface area contributed by atoms with Crippen molar-refractivity contribution in [3.63, 3.8) is 0 Å². The molecule has 0 aliphatic carbocycles. The fourth-order valence-electron chi connectivity index (χ4n) is 2.57. The van der Waals surface area contributed by atoms with Gasteiger partial charge in [-0.15, -0.1) is 0 Å². The van der Waals surface area contributed by atoms with Gasteiger partial charge in [-0.2, -0.15) is 0 Å². The smallest absolute Gasteiger partial charge is 0.243 e. The van der Waals surface area contributed by atoms with Gasteiger partial charge in [0, 0.05) is 12.0 Å². The first-order valence-corrected chi connectivity index (χ1v) is 10.1. The van der Waals surface area contributed by atoms with Crippen LogP contribution in [-0.4, -0.2) is 19.9 Å². The van der Waals surface area contributed by atoms with E-state index < -0.39 is 15.6 Å². The molecule has 0 atom stereocenters. The molecular formula is C20H26N2O3S. The number of hydrogen-bond acceptors (Lipinski definition) is 3. The van der Waals surface area contributed by atoms with Crippen molar-refractivity contribution >= 4 is 21.6 Å². The Bertz CT molecular complexity index is 841. The number of carbonyl (C=O) groups excluding carboxylic acids is 1. The van der Waals surface area contributed by atoms with Crippen LogP contribution in [0.5, 0.6) is 0 Å². The number of anilines is 1. The van der Waals surface area contributed by atoms with Crippen LogP contribution in [0.1, 0.15) is 39.2 Å². The van der Waals surface area contributed by atoms with Crippen molar-refractivity contribution in [2.75, 3.05) is 5.32 Å². The summed E-state index contributed by atoms with van der Waals surface area (Å²) in [5.74, 6) is -0.195. The number of rotatable bonds is 7. The highest BCUT2D eigenvalue weighted by Crippen LogP contribution is 2.22. The molecule has 0 aliphatic heterocycles. The Balaban J connectivity index is 2.02. The molecule has 5 nitrogen and oxygen atoms in total. The number of amides is 1. The van der Waals surface area contributed by atoms with Crippen molar-refractivity contribution in [2.45, 2.75) is 50.5 Å². The van der Waals surface area contributed by atoms with Crippen LogP contribution in [0.4, 0.5) is 5.69 Å². The average molecular weight is 375 g/mol. The van der Waals surface area contributed by atoms with Crippen molar-refractivity contribution < 1.29 is 13.2 Å². The van der Waals surface area contributed by atoms with E-state index in [4.69, 9.17) is 0 Å². The highest BCUT2D eigenvalue weighted by molar-refractivity contribution is 7.89. The van der Waals surface area contributed by atoms with Gasteiger partial charge in [0.1, 0.15) is 4.90 Å². The normalized spacial score (nSPS) is 12.0. The number of nitrogens with one attached hydrogen (secondary N) is 2. The largest absolute Gasteiger partial charge is 0.325 e. The summed E-state index contributed by atoms with van der Waals surface area (Å²) in [5.41, 5.74) is 0.873. The van der Waals surface area contributed by atoms with Crippen LogP contribution in [0.3, 0.4) is 0 Å². The van der Waals surface area contributed by atoms with Crippen LogP contribution >= 0.6 is 0 Å². The average Bonchev–Trinajstić information content (AvgIpc) is 2.54. The zero-order valence-corrected chi connectivity index (χ0v) is 16.3. The third kappa shape index (κ3) is 6.28. The van der Waals surface area contributed by atoms with Gasteiger partial charge in [-0.3, -0.25) is 4.79 Å². The van der Waals surface area contributed by atoms with Crippen molar-refractivity contribution in [3.8, 4) is 0 Å². The molecule has 0 aromatic heterocycles. The fraction of sp³-hybridized carbons (Fsp3) is 0.350. The zero-order valence-electron chi connectivity index (χ0n) is 15.5. The Morgan fingerprint density at radius 3 is 2.23 bits per heavy atom. The lowest BCUT2D eigenvalue weighted by molar-refractivity contribution is -0.116. The third-order valence-electron chi connectivity index (χ3n) is 3.60. The van der Waals surface area contributed by atoms with Crippen LogP contribution in [0.2, 0.25) is 0 Å². The number of carbonyl (C=O) groups is 1. The Hall–Kier alpha value is -2.18. The highest BCUT2D eigenvalue weighted by Gasteiger charge is 2.24. The molecule has 0 heterocycles. The molecular weight excluding hydrogens is 348 g/mol. The molecule has 2 N–H and O–H groups in total. The summed E-state index contributed by atoms with van der Waals surface area (Å²) in [6.45, 7) is 5.32. The van der Waals surface area contributed by atoms with Crippen molar-refractivity contribution in [1.29, 1.82) is 0 Å². The predicted molar refractivity (Wildman–Crippen MR) is 105 cm³/mol. The molecule has 2 rings (SSSR count). The maximum Gasteiger partial charge on any atom is 0.243 e. The van der Waals surface area contributed by atoms with Gasteiger partial charge in [0.25, 0.3) is 0 Å². The summed E-state index contributed by atoms with van der Waals surface area (Å²) in [6, 6.07) is 16.4. The number of sulfonamides is 1. The fourth-order valence-corrected chi connectivity index (χ4v) is 4.16. The first kappa shape index (κ1) is 20.1. The van der Waals surface area contributed by atoms with Gasteiger partial charge in [0.15, 0.2) is 0 Å². The maximum atomic E-state index is 12.6. The van der Waals surface area contributed by atoms with Crippen LogP contribution in [0.15, 0.2) is 59.5 Å². The van der Waals surface area contributed by atoms with Crippen molar-refractivity contribution in [3.05, 3.63) is 60.2 Å². The zero-order chi connectivity index (χ0) is 19.2. The Morgan fingerprint density at radius 1 is 0.962 bits per heavy atom. The summed E-state index contributed by atoms with van der Waals surface area (Å²) in [6.07, 6.45) is 1.83. The summed E-state index contributed by atoms with van der Waals surface area (Å²) in [5, 5.41) is 2.73. The van der Waals surface area contributed by atoms with E-state index in [1.54, 1.807) is 39.0 Å². The predicted octanol–water partition coefficient (Wildman–Crippen LogP) is 3.72. The molecule has 0 fully saturated rings. The second-order valence-corrected chi connectivity index (χ2v) is 8.89. The minimum absolute atomic E-state index is 0.0753. The summed E-state index contributed by atoms with van der Waals surface area (Å²) in [7, 11) is -3.72. The van der Waals surface area contributed by atoms with E-state index in [-0.39, 0.29) is 10.8 Å². The standard InChI is InChI=1S/C20H26N2O3S/c1-20(2,3)22-26(24,25)18-14-8-7-13-17(18)21-19(23)15-9-12-16-10-5-4-6-11-16/h4-8,10-11,13-14,22H,9,12,15H2,1-3H3,(H,21,23). The van der Waals surface area contributed by atoms with E-state index in [0.717, 1.165) is 6.42 Å². The van der Waals surface area contributed by atoms with Crippen LogP contribution < -0.4 is 10.0 Å². The summed E-state index contributed by atoms with van der Waals surface area (Å²) >= 11 is 0. The lowest BCUT2D eigenvalue weighted by Gasteiger charge is -2.21. The second-order valence-electron chi connectivity index (χ2n) is 7.24. The van der Waals surface area contributed by atoms with E-state index in [2.05, 4.69) is 10.0 Å². The van der Waals surface area contributed by atoms with Gasteiger partial charge in [0.2, 0.25) is 15.9 Å². The second kappa shape index (κ2) is 8.47. The first-order chi connectivity index (χ1) is 12.2. The van der Waals surface area contributed by atoms with Gasteiger partial charge in [0.05, 0.1) is 5.69 Å². The molecule has 2 aromatic carbocycles. The molecule has 0 aliphatic rings. The van der Waals surface area contributed by atoms with E-state index >= 15 is 0 Å². The monoisotopic (exact) mass is 374 g/mol. The number of aryl methyl sites for hydroxylation is 1.